The Kier molecular flexibility index (Phi) is 7.15. The van der Waals surface area contributed by atoms with E-state index < -0.39 is 0 Å². The number of carbonyl (C=O) groups excluding carboxylic acids is 1. The molecular weight excluding hydrogens is 340 g/mol. The van der Waals surface area contributed by atoms with Gasteiger partial charge in [-0.2, -0.15) is 0 Å². The summed E-state index contributed by atoms with van der Waals surface area (Å²) in [4.78, 5) is 15.8. The van der Waals surface area contributed by atoms with E-state index in [9.17, 15) is 4.79 Å². The molecule has 0 spiro atoms. The molecule has 4 heteroatoms. The molecule has 1 fully saturated rings. The predicted octanol–water partition coefficient (Wildman–Crippen LogP) is 4.39. The lowest BCUT2D eigenvalue weighted by molar-refractivity contribution is -0.118. The van der Waals surface area contributed by atoms with Gasteiger partial charge in [0.15, 0.2) is 0 Å². The van der Waals surface area contributed by atoms with Gasteiger partial charge in [0, 0.05) is 18.0 Å². The summed E-state index contributed by atoms with van der Waals surface area (Å²) in [6, 6.07) is 16.8. The monoisotopic (exact) mass is 368 g/mol. The fraction of sp³-hybridized carbons (Fsp3) is 0.409. The van der Waals surface area contributed by atoms with Gasteiger partial charge in [0.05, 0.1) is 5.75 Å². The molecule has 26 heavy (non-hydrogen) atoms. The van der Waals surface area contributed by atoms with Crippen molar-refractivity contribution in [1.82, 2.24) is 10.2 Å². The van der Waals surface area contributed by atoms with E-state index in [1.165, 1.54) is 48.4 Å². The SMILES string of the molecule is Cc1ccccc1SCC(=O)NCc1ccc(CN2CCCCC2)cc1. The standard InChI is InChI=1S/C22H28N2OS/c1-18-7-3-4-8-21(18)26-17-22(25)23-15-19-9-11-20(12-10-19)16-24-13-5-2-6-14-24/h3-4,7-12H,2,5-6,13-17H2,1H3,(H,23,25). The molecule has 1 N–H and O–H groups in total. The summed E-state index contributed by atoms with van der Waals surface area (Å²) in [5, 5.41) is 3.02. The van der Waals surface area contributed by atoms with E-state index in [0.29, 0.717) is 12.3 Å². The molecule has 3 rings (SSSR count). The largest absolute Gasteiger partial charge is 0.351 e. The maximum atomic E-state index is 12.1. The van der Waals surface area contributed by atoms with E-state index in [1.807, 2.05) is 12.1 Å². The fourth-order valence-corrected chi connectivity index (χ4v) is 4.11. The van der Waals surface area contributed by atoms with Crippen molar-refractivity contribution < 1.29 is 4.79 Å². The Bertz CT molecular complexity index is 708. The van der Waals surface area contributed by atoms with Crippen LogP contribution in [-0.4, -0.2) is 29.6 Å². The zero-order chi connectivity index (χ0) is 18.2. The summed E-state index contributed by atoms with van der Waals surface area (Å²) in [7, 11) is 0. The van der Waals surface area contributed by atoms with Crippen LogP contribution in [0.5, 0.6) is 0 Å². The Morgan fingerprint density at radius 1 is 1.00 bits per heavy atom. The summed E-state index contributed by atoms with van der Waals surface area (Å²) in [5.74, 6) is 0.536. The van der Waals surface area contributed by atoms with Crippen LogP contribution >= 0.6 is 11.8 Å². The maximum Gasteiger partial charge on any atom is 0.230 e. The number of aryl methyl sites for hydroxylation is 1. The van der Waals surface area contributed by atoms with Crippen LogP contribution in [0.25, 0.3) is 0 Å². The van der Waals surface area contributed by atoms with Gasteiger partial charge in [-0.1, -0.05) is 48.9 Å². The average Bonchev–Trinajstić information content (AvgIpc) is 2.68. The Labute approximate surface area is 161 Å². The molecule has 2 aromatic carbocycles. The minimum atomic E-state index is 0.0793. The van der Waals surface area contributed by atoms with Gasteiger partial charge in [0.25, 0.3) is 0 Å². The predicted molar refractivity (Wildman–Crippen MR) is 109 cm³/mol. The number of rotatable bonds is 7. The number of nitrogens with zero attached hydrogens (tertiary/aromatic N) is 1. The Hall–Kier alpha value is -1.78. The van der Waals surface area contributed by atoms with Crippen molar-refractivity contribution in [1.29, 1.82) is 0 Å². The summed E-state index contributed by atoms with van der Waals surface area (Å²) < 4.78 is 0. The van der Waals surface area contributed by atoms with Crippen molar-refractivity contribution in [3.63, 3.8) is 0 Å². The number of benzene rings is 2. The number of hydrogen-bond donors (Lipinski definition) is 1. The topological polar surface area (TPSA) is 32.3 Å². The molecule has 0 bridgehead atoms. The van der Waals surface area contributed by atoms with E-state index >= 15 is 0 Å². The third kappa shape index (κ3) is 5.89. The fourth-order valence-electron chi connectivity index (χ4n) is 3.25. The molecule has 0 atom stereocenters. The number of carbonyl (C=O) groups is 1. The molecule has 0 aliphatic carbocycles. The van der Waals surface area contributed by atoms with Crippen LogP contribution in [-0.2, 0) is 17.9 Å². The molecule has 0 saturated carbocycles. The highest BCUT2D eigenvalue weighted by atomic mass is 32.2. The van der Waals surface area contributed by atoms with Crippen LogP contribution in [0.2, 0.25) is 0 Å². The number of thioether (sulfide) groups is 1. The van der Waals surface area contributed by atoms with E-state index in [-0.39, 0.29) is 5.91 Å². The Balaban J connectivity index is 1.41. The highest BCUT2D eigenvalue weighted by Crippen LogP contribution is 2.21. The van der Waals surface area contributed by atoms with Crippen molar-refractivity contribution in [3.8, 4) is 0 Å². The second-order valence-corrected chi connectivity index (χ2v) is 8.00. The van der Waals surface area contributed by atoms with Crippen LogP contribution in [0.4, 0.5) is 0 Å². The first-order chi connectivity index (χ1) is 12.7. The first-order valence-electron chi connectivity index (χ1n) is 9.46. The molecule has 138 valence electrons. The smallest absolute Gasteiger partial charge is 0.230 e. The van der Waals surface area contributed by atoms with Gasteiger partial charge in [-0.25, -0.2) is 0 Å². The quantitative estimate of drug-likeness (QED) is 0.736. The minimum absolute atomic E-state index is 0.0793. The highest BCUT2D eigenvalue weighted by Gasteiger charge is 2.10. The number of amides is 1. The van der Waals surface area contributed by atoms with Crippen molar-refractivity contribution in [2.45, 2.75) is 44.2 Å². The van der Waals surface area contributed by atoms with E-state index in [0.717, 1.165) is 12.1 Å². The normalized spacial score (nSPS) is 15.0. The van der Waals surface area contributed by atoms with E-state index in [4.69, 9.17) is 0 Å². The molecule has 0 aromatic heterocycles. The van der Waals surface area contributed by atoms with Crippen molar-refractivity contribution in [2.75, 3.05) is 18.8 Å². The minimum Gasteiger partial charge on any atom is -0.351 e. The van der Waals surface area contributed by atoms with Crippen molar-refractivity contribution in [2.24, 2.45) is 0 Å². The van der Waals surface area contributed by atoms with Gasteiger partial charge < -0.3 is 5.32 Å². The molecule has 0 radical (unpaired) electrons. The third-order valence-corrected chi connectivity index (χ3v) is 6.00. The van der Waals surface area contributed by atoms with E-state index in [1.54, 1.807) is 11.8 Å². The maximum absolute atomic E-state index is 12.1. The van der Waals surface area contributed by atoms with Crippen molar-refractivity contribution in [3.05, 3.63) is 65.2 Å². The summed E-state index contributed by atoms with van der Waals surface area (Å²) in [5.41, 5.74) is 3.73. The summed E-state index contributed by atoms with van der Waals surface area (Å²) in [6.07, 6.45) is 4.02. The van der Waals surface area contributed by atoms with Gasteiger partial charge >= 0.3 is 0 Å². The van der Waals surface area contributed by atoms with Gasteiger partial charge in [-0.05, 0) is 55.6 Å². The van der Waals surface area contributed by atoms with Gasteiger partial charge in [-0.15, -0.1) is 11.8 Å². The number of nitrogens with one attached hydrogen (secondary N) is 1. The Morgan fingerprint density at radius 2 is 1.69 bits per heavy atom. The molecular formula is C22H28N2OS. The first kappa shape index (κ1) is 19.0. The van der Waals surface area contributed by atoms with Gasteiger partial charge in [-0.3, -0.25) is 9.69 Å². The van der Waals surface area contributed by atoms with Crippen LogP contribution in [0.1, 0.15) is 36.0 Å². The average molecular weight is 369 g/mol. The zero-order valence-electron chi connectivity index (χ0n) is 15.5. The summed E-state index contributed by atoms with van der Waals surface area (Å²) in [6.45, 7) is 6.15. The molecule has 3 nitrogen and oxygen atoms in total. The van der Waals surface area contributed by atoms with Gasteiger partial charge in [0.1, 0.15) is 0 Å². The van der Waals surface area contributed by atoms with Crippen LogP contribution in [0.15, 0.2) is 53.4 Å². The molecule has 0 unspecified atom stereocenters. The zero-order valence-corrected chi connectivity index (χ0v) is 16.4. The second-order valence-electron chi connectivity index (χ2n) is 6.98. The molecule has 2 aromatic rings. The highest BCUT2D eigenvalue weighted by molar-refractivity contribution is 8.00. The lowest BCUT2D eigenvalue weighted by atomic mass is 10.1. The molecule has 1 saturated heterocycles. The third-order valence-electron chi connectivity index (χ3n) is 4.82. The number of piperidine rings is 1. The lowest BCUT2D eigenvalue weighted by Gasteiger charge is -2.26. The number of likely N-dealkylation sites (tertiary alicyclic amines) is 1. The molecule has 1 aliphatic rings. The molecule has 1 aliphatic heterocycles. The Morgan fingerprint density at radius 3 is 2.42 bits per heavy atom. The summed E-state index contributed by atoms with van der Waals surface area (Å²) >= 11 is 1.59. The number of hydrogen-bond acceptors (Lipinski definition) is 3. The van der Waals surface area contributed by atoms with Crippen LogP contribution < -0.4 is 5.32 Å². The molecule has 1 amide bonds. The van der Waals surface area contributed by atoms with Crippen molar-refractivity contribution >= 4 is 17.7 Å². The van der Waals surface area contributed by atoms with E-state index in [2.05, 4.69) is 53.5 Å². The lowest BCUT2D eigenvalue weighted by Crippen LogP contribution is -2.29. The molecule has 1 heterocycles. The van der Waals surface area contributed by atoms with Crippen LogP contribution in [0, 0.1) is 6.92 Å². The second kappa shape index (κ2) is 9.79. The first-order valence-corrected chi connectivity index (χ1v) is 10.4. The van der Waals surface area contributed by atoms with Gasteiger partial charge in [0.2, 0.25) is 5.91 Å². The van der Waals surface area contributed by atoms with Crippen LogP contribution in [0.3, 0.4) is 0 Å².